The van der Waals surface area contributed by atoms with E-state index in [0.717, 1.165) is 0 Å². The molecule has 0 aliphatic carbocycles. The molecule has 6 heteroatoms. The molecule has 2 N–H and O–H groups in total. The Morgan fingerprint density at radius 2 is 2.38 bits per heavy atom. The normalized spacial score (nSPS) is 16.8. The first-order valence-electron chi connectivity index (χ1n) is 4.22. The van der Waals surface area contributed by atoms with Crippen LogP contribution in [0.4, 0.5) is 13.6 Å². The van der Waals surface area contributed by atoms with Crippen molar-refractivity contribution in [2.45, 2.75) is 6.43 Å². The van der Waals surface area contributed by atoms with Gasteiger partial charge in [0.25, 0.3) is 6.43 Å². The van der Waals surface area contributed by atoms with Gasteiger partial charge in [-0.2, -0.15) is 0 Å². The number of amides is 2. The van der Waals surface area contributed by atoms with Crippen molar-refractivity contribution in [2.75, 3.05) is 32.7 Å². The molecule has 1 aliphatic rings. The van der Waals surface area contributed by atoms with Gasteiger partial charge in [0.15, 0.2) is 0 Å². The van der Waals surface area contributed by atoms with E-state index < -0.39 is 6.43 Å². The highest BCUT2D eigenvalue weighted by Crippen LogP contribution is 1.94. The Labute approximate surface area is 75.3 Å². The van der Waals surface area contributed by atoms with Crippen LogP contribution in [0.5, 0.6) is 0 Å². The number of alkyl halides is 2. The van der Waals surface area contributed by atoms with Gasteiger partial charge in [-0.1, -0.05) is 0 Å². The number of carbonyl (C=O) groups excluding carboxylic acids is 1. The van der Waals surface area contributed by atoms with Gasteiger partial charge in [-0.05, 0) is 0 Å². The van der Waals surface area contributed by atoms with Gasteiger partial charge in [-0.15, -0.1) is 0 Å². The molecule has 1 aliphatic heterocycles. The van der Waals surface area contributed by atoms with Crippen molar-refractivity contribution in [1.82, 2.24) is 15.5 Å². The molecular weight excluding hydrogens is 180 g/mol. The number of carbonyl (C=O) groups is 1. The van der Waals surface area contributed by atoms with E-state index >= 15 is 0 Å². The first-order chi connectivity index (χ1) is 6.20. The minimum absolute atomic E-state index is 0.112. The third-order valence-corrected chi connectivity index (χ3v) is 1.80. The minimum atomic E-state index is -2.33. The second-order valence-electron chi connectivity index (χ2n) is 2.81. The summed E-state index contributed by atoms with van der Waals surface area (Å²) in [6.07, 6.45) is -2.33. The van der Waals surface area contributed by atoms with Crippen LogP contribution in [0.1, 0.15) is 0 Å². The van der Waals surface area contributed by atoms with E-state index in [1.165, 1.54) is 0 Å². The molecule has 76 valence electrons. The predicted molar refractivity (Wildman–Crippen MR) is 43.8 cm³/mol. The minimum Gasteiger partial charge on any atom is -0.336 e. The highest BCUT2D eigenvalue weighted by Gasteiger charge is 2.18. The average Bonchev–Trinajstić information content (AvgIpc) is 2.45. The third-order valence-electron chi connectivity index (χ3n) is 1.80. The summed E-state index contributed by atoms with van der Waals surface area (Å²) in [6, 6.07) is -0.112. The molecule has 1 heterocycles. The molecule has 0 aromatic rings. The SMILES string of the molecule is O=C1NCCN1CCNCC(F)F. The molecule has 0 aromatic heterocycles. The zero-order valence-electron chi connectivity index (χ0n) is 7.22. The van der Waals surface area contributed by atoms with Crippen LogP contribution in [0.25, 0.3) is 0 Å². The number of hydrogen-bond acceptors (Lipinski definition) is 2. The van der Waals surface area contributed by atoms with Crippen LogP contribution in [0.3, 0.4) is 0 Å². The molecule has 0 atom stereocenters. The average molecular weight is 193 g/mol. The number of hydrogen-bond donors (Lipinski definition) is 2. The first kappa shape index (κ1) is 10.2. The summed E-state index contributed by atoms with van der Waals surface area (Å²) in [4.78, 5) is 12.5. The third kappa shape index (κ3) is 3.54. The lowest BCUT2D eigenvalue weighted by Gasteiger charge is -2.13. The lowest BCUT2D eigenvalue weighted by atomic mass is 10.5. The molecule has 1 rings (SSSR count). The maximum atomic E-state index is 11.7. The molecule has 0 unspecified atom stereocenters. The van der Waals surface area contributed by atoms with Crippen molar-refractivity contribution >= 4 is 6.03 Å². The van der Waals surface area contributed by atoms with Crippen molar-refractivity contribution in [3.63, 3.8) is 0 Å². The van der Waals surface area contributed by atoms with E-state index in [0.29, 0.717) is 26.2 Å². The largest absolute Gasteiger partial charge is 0.336 e. The number of urea groups is 1. The van der Waals surface area contributed by atoms with Crippen LogP contribution in [0.15, 0.2) is 0 Å². The molecule has 0 bridgehead atoms. The highest BCUT2D eigenvalue weighted by molar-refractivity contribution is 5.76. The van der Waals surface area contributed by atoms with Crippen LogP contribution >= 0.6 is 0 Å². The fourth-order valence-electron chi connectivity index (χ4n) is 1.15. The summed E-state index contributed by atoms with van der Waals surface area (Å²) in [6.45, 7) is 1.90. The molecule has 4 nitrogen and oxygen atoms in total. The van der Waals surface area contributed by atoms with Crippen LogP contribution in [-0.2, 0) is 0 Å². The van der Waals surface area contributed by atoms with Gasteiger partial charge in [-0.3, -0.25) is 0 Å². The molecule has 13 heavy (non-hydrogen) atoms. The van der Waals surface area contributed by atoms with E-state index in [4.69, 9.17) is 0 Å². The second-order valence-corrected chi connectivity index (χ2v) is 2.81. The Morgan fingerprint density at radius 3 is 2.92 bits per heavy atom. The van der Waals surface area contributed by atoms with E-state index in [9.17, 15) is 13.6 Å². The first-order valence-corrected chi connectivity index (χ1v) is 4.22. The van der Waals surface area contributed by atoms with E-state index in [1.807, 2.05) is 0 Å². The maximum Gasteiger partial charge on any atom is 0.317 e. The van der Waals surface area contributed by atoms with E-state index in [1.54, 1.807) is 4.90 Å². The lowest BCUT2D eigenvalue weighted by molar-refractivity contribution is 0.145. The van der Waals surface area contributed by atoms with Gasteiger partial charge < -0.3 is 15.5 Å². The van der Waals surface area contributed by atoms with Crippen molar-refractivity contribution in [1.29, 1.82) is 0 Å². The standard InChI is InChI=1S/C7H13F2N3O/c8-6(9)5-10-1-3-12-4-2-11-7(12)13/h6,10H,1-5H2,(H,11,13). The molecule has 0 spiro atoms. The van der Waals surface area contributed by atoms with Gasteiger partial charge in [-0.25, -0.2) is 13.6 Å². The molecular formula is C7H13F2N3O. The Bertz CT molecular complexity index is 177. The highest BCUT2D eigenvalue weighted by atomic mass is 19.3. The van der Waals surface area contributed by atoms with Gasteiger partial charge in [0.1, 0.15) is 0 Å². The summed E-state index contributed by atoms with van der Waals surface area (Å²) in [5.41, 5.74) is 0. The fourth-order valence-corrected chi connectivity index (χ4v) is 1.15. The van der Waals surface area contributed by atoms with Crippen LogP contribution in [-0.4, -0.2) is 50.1 Å². The molecule has 2 amide bonds. The van der Waals surface area contributed by atoms with E-state index in [2.05, 4.69) is 10.6 Å². The van der Waals surface area contributed by atoms with Crippen molar-refractivity contribution in [3.05, 3.63) is 0 Å². The fraction of sp³-hybridized carbons (Fsp3) is 0.857. The van der Waals surface area contributed by atoms with Crippen LogP contribution in [0.2, 0.25) is 0 Å². The Morgan fingerprint density at radius 1 is 1.62 bits per heavy atom. The monoisotopic (exact) mass is 193 g/mol. The quantitative estimate of drug-likeness (QED) is 0.597. The smallest absolute Gasteiger partial charge is 0.317 e. The topological polar surface area (TPSA) is 44.4 Å². The van der Waals surface area contributed by atoms with Crippen molar-refractivity contribution in [2.24, 2.45) is 0 Å². The molecule has 1 fully saturated rings. The van der Waals surface area contributed by atoms with Gasteiger partial charge in [0.2, 0.25) is 0 Å². The Kier molecular flexibility index (Phi) is 3.88. The lowest BCUT2D eigenvalue weighted by Crippen LogP contribution is -2.35. The van der Waals surface area contributed by atoms with Crippen molar-refractivity contribution in [3.8, 4) is 0 Å². The van der Waals surface area contributed by atoms with Gasteiger partial charge in [0.05, 0.1) is 6.54 Å². The van der Waals surface area contributed by atoms with Crippen molar-refractivity contribution < 1.29 is 13.6 Å². The number of rotatable bonds is 5. The molecule has 1 saturated heterocycles. The number of nitrogens with one attached hydrogen (secondary N) is 2. The number of halogens is 2. The number of nitrogens with zero attached hydrogens (tertiary/aromatic N) is 1. The molecule has 0 saturated carbocycles. The van der Waals surface area contributed by atoms with E-state index in [-0.39, 0.29) is 12.6 Å². The second kappa shape index (κ2) is 4.96. The molecule has 0 radical (unpaired) electrons. The van der Waals surface area contributed by atoms with Gasteiger partial charge in [0, 0.05) is 26.2 Å². The zero-order chi connectivity index (χ0) is 9.68. The predicted octanol–water partition coefficient (Wildman–Crippen LogP) is -0.134. The summed E-state index contributed by atoms with van der Waals surface area (Å²) < 4.78 is 23.3. The summed E-state index contributed by atoms with van der Waals surface area (Å²) in [5, 5.41) is 5.19. The molecule has 0 aromatic carbocycles. The summed E-state index contributed by atoms with van der Waals surface area (Å²) in [5.74, 6) is 0. The summed E-state index contributed by atoms with van der Waals surface area (Å²) in [7, 11) is 0. The zero-order valence-corrected chi connectivity index (χ0v) is 7.22. The Hall–Kier alpha value is -0.910. The van der Waals surface area contributed by atoms with Gasteiger partial charge >= 0.3 is 6.03 Å². The maximum absolute atomic E-state index is 11.7. The van der Waals surface area contributed by atoms with Crippen LogP contribution in [0, 0.1) is 0 Å². The summed E-state index contributed by atoms with van der Waals surface area (Å²) >= 11 is 0. The Balaban J connectivity index is 2.02. The van der Waals surface area contributed by atoms with Crippen LogP contribution < -0.4 is 10.6 Å².